The molecule has 82 heavy (non-hydrogen) atoms. The topological polar surface area (TPSA) is 429 Å². The number of aryl methyl sites for hydroxylation is 2. The van der Waals surface area contributed by atoms with E-state index in [1.807, 2.05) is 0 Å². The second-order valence-corrected chi connectivity index (χ2v) is 24.8. The summed E-state index contributed by atoms with van der Waals surface area (Å²) in [4.78, 5) is 62.4. The fraction of sp³-hybridized carbons (Fsp3) is 0.0392. The van der Waals surface area contributed by atoms with Gasteiger partial charge in [0, 0.05) is 61.2 Å². The molecule has 0 heterocycles. The minimum Gasteiger partial charge on any atom is -0.322 e. The van der Waals surface area contributed by atoms with Gasteiger partial charge in [0.05, 0.1) is 21.2 Å². The maximum absolute atomic E-state index is 13.7. The number of fused-ring (bicyclic) bond motifs is 2. The van der Waals surface area contributed by atoms with Crippen molar-refractivity contribution < 1.29 is 88.8 Å². The van der Waals surface area contributed by atoms with E-state index in [1.165, 1.54) is 103 Å². The molecule has 11 N–H and O–H groups in total. The van der Waals surface area contributed by atoms with Crippen molar-refractivity contribution in [2.75, 3.05) is 31.9 Å². The summed E-state index contributed by atoms with van der Waals surface area (Å²) in [5.41, 5.74) is 0.617. The van der Waals surface area contributed by atoms with Crippen molar-refractivity contribution in [3.8, 4) is 0 Å². The van der Waals surface area contributed by atoms with Gasteiger partial charge in [-0.3, -0.25) is 41.9 Å². The van der Waals surface area contributed by atoms with Gasteiger partial charge in [0.2, 0.25) is 0 Å². The van der Waals surface area contributed by atoms with Gasteiger partial charge >= 0.3 is 6.03 Å². The molecule has 0 spiro atoms. The number of amides is 6. The molecule has 0 aliphatic rings. The first kappa shape index (κ1) is 59.1. The van der Waals surface area contributed by atoms with E-state index >= 15 is 0 Å². The SMILES string of the molecule is Cc1ccc(C(=O)Nc2cccc3cc(S(=O)(=O)O)cc(S(=O)(=O)O)c23)cc1NC(=O)c1cccc(NC(=O)Nc2cccc(C(=O)Nc3cc(C(=O)Nc4ccc(S(=O)(=O)O)c5cc(S(=O)(=O)O)cc(S(=O)(=O)O)c45)ccc3C)c2)c1. The highest BCUT2D eigenvalue weighted by Gasteiger charge is 2.28. The first-order chi connectivity index (χ1) is 38.1. The molecule has 0 atom stereocenters. The van der Waals surface area contributed by atoms with Gasteiger partial charge in [-0.2, -0.15) is 42.1 Å². The Morgan fingerprint density at radius 3 is 1.17 bits per heavy atom. The molecular formula is C51H40N6O20S5. The second-order valence-electron chi connectivity index (χ2n) is 17.8. The molecule has 8 rings (SSSR count). The van der Waals surface area contributed by atoms with Crippen molar-refractivity contribution in [3.63, 3.8) is 0 Å². The fourth-order valence-electron chi connectivity index (χ4n) is 8.24. The minimum absolute atomic E-state index is 0.00619. The van der Waals surface area contributed by atoms with E-state index in [0.717, 1.165) is 12.1 Å². The van der Waals surface area contributed by atoms with Crippen molar-refractivity contribution in [1.29, 1.82) is 0 Å². The molecule has 424 valence electrons. The quantitative estimate of drug-likeness (QED) is 0.0442. The number of carbonyl (C=O) groups excluding carboxylic acids is 5. The third kappa shape index (κ3) is 13.2. The van der Waals surface area contributed by atoms with Crippen molar-refractivity contribution >= 4 is 136 Å². The molecule has 6 amide bonds. The highest BCUT2D eigenvalue weighted by molar-refractivity contribution is 7.87. The summed E-state index contributed by atoms with van der Waals surface area (Å²) in [7, 11) is -25.9. The highest BCUT2D eigenvalue weighted by atomic mass is 32.2. The first-order valence-corrected chi connectivity index (χ1v) is 30.2. The van der Waals surface area contributed by atoms with Crippen LogP contribution in [0.5, 0.6) is 0 Å². The van der Waals surface area contributed by atoms with Gasteiger partial charge in [0.1, 0.15) is 14.7 Å². The summed E-state index contributed by atoms with van der Waals surface area (Å²) >= 11 is 0. The van der Waals surface area contributed by atoms with Gasteiger partial charge in [-0.15, -0.1) is 0 Å². The van der Waals surface area contributed by atoms with Crippen molar-refractivity contribution in [2.45, 2.75) is 38.3 Å². The van der Waals surface area contributed by atoms with Crippen LogP contribution in [0.15, 0.2) is 164 Å². The number of nitrogens with one attached hydrogen (secondary N) is 6. The highest BCUT2D eigenvalue weighted by Crippen LogP contribution is 2.38. The van der Waals surface area contributed by atoms with Gasteiger partial charge in [-0.05, 0) is 133 Å². The Kier molecular flexibility index (Phi) is 16.0. The fourth-order valence-corrected chi connectivity index (χ4v) is 11.7. The summed E-state index contributed by atoms with van der Waals surface area (Å²) in [6.07, 6.45) is 0. The van der Waals surface area contributed by atoms with E-state index in [9.17, 15) is 88.8 Å². The molecule has 8 aromatic rings. The van der Waals surface area contributed by atoms with E-state index in [4.69, 9.17) is 0 Å². The predicted molar refractivity (Wildman–Crippen MR) is 297 cm³/mol. The van der Waals surface area contributed by atoms with Gasteiger partial charge in [-0.25, -0.2) is 4.79 Å². The summed E-state index contributed by atoms with van der Waals surface area (Å²) < 4.78 is 171. The summed E-state index contributed by atoms with van der Waals surface area (Å²) in [5, 5.41) is 13.4. The van der Waals surface area contributed by atoms with Crippen LogP contribution in [0.1, 0.15) is 52.6 Å². The number of carbonyl (C=O) groups is 5. The van der Waals surface area contributed by atoms with Crippen LogP contribution in [0.4, 0.5) is 38.9 Å². The van der Waals surface area contributed by atoms with Crippen LogP contribution in [0.25, 0.3) is 21.5 Å². The molecule has 0 radical (unpaired) electrons. The molecule has 0 bridgehead atoms. The van der Waals surface area contributed by atoms with Crippen LogP contribution in [0.3, 0.4) is 0 Å². The lowest BCUT2D eigenvalue weighted by Crippen LogP contribution is -2.21. The number of urea groups is 1. The second kappa shape index (κ2) is 22.1. The van der Waals surface area contributed by atoms with Crippen LogP contribution >= 0.6 is 0 Å². The van der Waals surface area contributed by atoms with E-state index in [-0.39, 0.29) is 61.5 Å². The first-order valence-electron chi connectivity index (χ1n) is 23.0. The molecule has 0 aromatic heterocycles. The lowest BCUT2D eigenvalue weighted by atomic mass is 10.1. The molecular weight excluding hydrogens is 1180 g/mol. The Balaban J connectivity index is 0.932. The lowest BCUT2D eigenvalue weighted by molar-refractivity contribution is 0.101. The van der Waals surface area contributed by atoms with Gasteiger partial charge in [-0.1, -0.05) is 36.4 Å². The maximum Gasteiger partial charge on any atom is 0.323 e. The molecule has 8 aromatic carbocycles. The molecule has 0 fully saturated rings. The monoisotopic (exact) mass is 1220 g/mol. The summed E-state index contributed by atoms with van der Waals surface area (Å²) in [5.74, 6) is -3.23. The average molecular weight is 1220 g/mol. The number of rotatable bonds is 15. The molecule has 31 heteroatoms. The number of benzene rings is 8. The number of hydrogen-bond donors (Lipinski definition) is 11. The summed E-state index contributed by atoms with van der Waals surface area (Å²) in [6.45, 7) is 3.21. The summed E-state index contributed by atoms with van der Waals surface area (Å²) in [6, 6.07) is 26.5. The van der Waals surface area contributed by atoms with E-state index in [0.29, 0.717) is 35.4 Å². The van der Waals surface area contributed by atoms with Crippen LogP contribution in [0.2, 0.25) is 0 Å². The van der Waals surface area contributed by atoms with E-state index in [1.54, 1.807) is 13.8 Å². The Bertz CT molecular complexity index is 4690. The van der Waals surface area contributed by atoms with E-state index in [2.05, 4.69) is 31.9 Å². The van der Waals surface area contributed by atoms with Crippen LogP contribution < -0.4 is 31.9 Å². The number of anilines is 6. The lowest BCUT2D eigenvalue weighted by Gasteiger charge is -2.16. The molecule has 0 aliphatic heterocycles. The largest absolute Gasteiger partial charge is 0.323 e. The Morgan fingerprint density at radius 1 is 0.341 bits per heavy atom. The minimum atomic E-state index is -5.43. The standard InChI is InChI=1S/C51H40N6O20S5/c1-26-12-14-31(49(60)54-38-11-5-6-28-20-35(78(63,64)65)24-43(45(28)38)81(72,73)74)21-40(26)56-47(58)29-7-3-9-33(18-29)52-51(62)53-34-10-4-8-30(19-34)48(59)57-41-22-32(15-13-27(41)2)50(61)55-39-16-17-42(80(69,70)71)37-23-36(79(66,67)68)25-44(46(37)39)82(75,76)77/h3-25H,1-2H3,(H,54,60)(H,55,61)(H,56,58)(H,57,59)(H2,52,53,62)(H,63,64,65)(H,66,67,68)(H,69,70,71)(H,72,73,74)(H,75,76,77). The molecule has 0 unspecified atom stereocenters. The third-order valence-electron chi connectivity index (χ3n) is 12.1. The molecule has 0 saturated carbocycles. The zero-order valence-electron chi connectivity index (χ0n) is 41.7. The number of hydrogen-bond acceptors (Lipinski definition) is 15. The van der Waals surface area contributed by atoms with Crippen LogP contribution in [0, 0.1) is 13.8 Å². The molecule has 0 saturated heterocycles. The van der Waals surface area contributed by atoms with Gasteiger partial charge in [0.25, 0.3) is 74.2 Å². The normalized spacial score (nSPS) is 12.1. The average Bonchev–Trinajstić information content (AvgIpc) is 1.65. The van der Waals surface area contributed by atoms with Crippen LogP contribution in [-0.2, 0) is 50.6 Å². The van der Waals surface area contributed by atoms with Crippen molar-refractivity contribution in [3.05, 3.63) is 173 Å². The molecule has 0 aliphatic carbocycles. The Morgan fingerprint density at radius 2 is 0.732 bits per heavy atom. The molecule has 26 nitrogen and oxygen atoms in total. The smallest absolute Gasteiger partial charge is 0.322 e. The van der Waals surface area contributed by atoms with E-state index < -0.39 is 121 Å². The van der Waals surface area contributed by atoms with Crippen molar-refractivity contribution in [2.24, 2.45) is 0 Å². The van der Waals surface area contributed by atoms with Gasteiger partial charge in [0.15, 0.2) is 0 Å². The van der Waals surface area contributed by atoms with Gasteiger partial charge < -0.3 is 31.9 Å². The Hall–Kier alpha value is -9.02. The third-order valence-corrected chi connectivity index (χ3v) is 16.4. The zero-order chi connectivity index (χ0) is 60.0. The Labute approximate surface area is 465 Å². The predicted octanol–water partition coefficient (Wildman–Crippen LogP) is 7.50. The maximum atomic E-state index is 13.7. The van der Waals surface area contributed by atoms with Crippen molar-refractivity contribution in [1.82, 2.24) is 0 Å². The van der Waals surface area contributed by atoms with Crippen LogP contribution in [-0.4, -0.2) is 94.5 Å². The zero-order valence-corrected chi connectivity index (χ0v) is 45.8.